The Kier molecular flexibility index (Phi) is 2.28. The van der Waals surface area contributed by atoms with E-state index in [-0.39, 0.29) is 6.10 Å². The van der Waals surface area contributed by atoms with E-state index in [4.69, 9.17) is 4.74 Å². The highest BCUT2D eigenvalue weighted by molar-refractivity contribution is 9.10. The van der Waals surface area contributed by atoms with Crippen LogP contribution in [0.4, 0.5) is 0 Å². The second-order valence-electron chi connectivity index (χ2n) is 2.73. The Morgan fingerprint density at radius 2 is 2.00 bits per heavy atom. The Morgan fingerprint density at radius 1 is 1.25 bits per heavy atom. The minimum absolute atomic E-state index is 0.165. The molecule has 2 heteroatoms. The highest BCUT2D eigenvalue weighted by Gasteiger charge is 2.10. The third kappa shape index (κ3) is 1.59. The number of hydrogen-bond donors (Lipinski definition) is 0. The average Bonchev–Trinajstić information content (AvgIpc) is 2.58. The molecule has 1 atom stereocenters. The molecule has 0 saturated heterocycles. The van der Waals surface area contributed by atoms with E-state index in [1.807, 2.05) is 18.2 Å². The lowest BCUT2D eigenvalue weighted by atomic mass is 10.1. The van der Waals surface area contributed by atoms with Gasteiger partial charge in [0.15, 0.2) is 0 Å². The van der Waals surface area contributed by atoms with E-state index in [0.717, 1.165) is 11.1 Å². The van der Waals surface area contributed by atoms with Crippen LogP contribution in [0.5, 0.6) is 0 Å². The molecule has 1 aliphatic rings. The molecule has 0 amide bonds. The van der Waals surface area contributed by atoms with Crippen molar-refractivity contribution in [1.29, 1.82) is 0 Å². The fourth-order valence-corrected chi connectivity index (χ4v) is 1.52. The molecule has 0 radical (unpaired) electrons. The molecule has 1 nitrogen and oxygen atoms in total. The number of hydrogen-bond acceptors (Lipinski definition) is 1. The minimum atomic E-state index is 0.165. The molecule has 0 bridgehead atoms. The molecular weight excluding hydrogens is 216 g/mol. The summed E-state index contributed by atoms with van der Waals surface area (Å²) in [5.41, 5.74) is 1.21. The highest BCUT2D eigenvalue weighted by atomic mass is 79.9. The van der Waals surface area contributed by atoms with E-state index in [2.05, 4.69) is 34.1 Å². The summed E-state index contributed by atoms with van der Waals surface area (Å²) >= 11 is 3.40. The summed E-state index contributed by atoms with van der Waals surface area (Å²) in [5, 5.41) is 0. The van der Waals surface area contributed by atoms with E-state index >= 15 is 0 Å². The van der Waals surface area contributed by atoms with Crippen LogP contribution in [-0.4, -0.2) is 6.61 Å². The number of rotatable bonds is 1. The normalized spacial score (nSPS) is 21.6. The summed E-state index contributed by atoms with van der Waals surface area (Å²) in [7, 11) is 0. The van der Waals surface area contributed by atoms with Crippen LogP contribution in [0, 0.1) is 0 Å². The average molecular weight is 225 g/mol. The maximum atomic E-state index is 5.45. The van der Waals surface area contributed by atoms with Crippen molar-refractivity contribution in [2.24, 2.45) is 0 Å². The van der Waals surface area contributed by atoms with Crippen LogP contribution in [0.3, 0.4) is 0 Å². The second kappa shape index (κ2) is 3.42. The molecule has 62 valence electrons. The summed E-state index contributed by atoms with van der Waals surface area (Å²) in [6.45, 7) is 0.737. The molecule has 12 heavy (non-hydrogen) atoms. The van der Waals surface area contributed by atoms with E-state index in [1.165, 1.54) is 5.56 Å². The third-order valence-corrected chi connectivity index (χ3v) is 2.41. The van der Waals surface area contributed by atoms with Crippen LogP contribution in [0.25, 0.3) is 0 Å². The largest absolute Gasteiger partial charge is 0.365 e. The van der Waals surface area contributed by atoms with Crippen molar-refractivity contribution < 1.29 is 4.74 Å². The predicted molar refractivity (Wildman–Crippen MR) is 52.0 cm³/mol. The first-order chi connectivity index (χ1) is 5.86. The van der Waals surface area contributed by atoms with Crippen molar-refractivity contribution >= 4 is 15.9 Å². The molecular formula is C10H9BrO. The summed E-state index contributed by atoms with van der Waals surface area (Å²) in [6, 6.07) is 8.21. The fraction of sp³-hybridized carbons (Fsp3) is 0.200. The van der Waals surface area contributed by atoms with Gasteiger partial charge in [-0.2, -0.15) is 0 Å². The van der Waals surface area contributed by atoms with E-state index in [0.29, 0.717) is 0 Å². The zero-order valence-corrected chi connectivity index (χ0v) is 8.12. The molecule has 0 aromatic heterocycles. The Balaban J connectivity index is 2.23. The van der Waals surface area contributed by atoms with Gasteiger partial charge < -0.3 is 4.74 Å². The van der Waals surface area contributed by atoms with Gasteiger partial charge in [0.05, 0.1) is 6.61 Å². The molecule has 1 aromatic rings. The van der Waals surface area contributed by atoms with E-state index < -0.39 is 0 Å². The van der Waals surface area contributed by atoms with Crippen LogP contribution in [0.2, 0.25) is 0 Å². The smallest absolute Gasteiger partial charge is 0.101 e. The Bertz CT molecular complexity index is 289. The SMILES string of the molecule is Brc1ccc([C@@H]2C=CCO2)cc1. The number of halogens is 1. The van der Waals surface area contributed by atoms with Crippen molar-refractivity contribution in [2.75, 3.05) is 6.61 Å². The summed E-state index contributed by atoms with van der Waals surface area (Å²) in [5.74, 6) is 0. The van der Waals surface area contributed by atoms with Crippen LogP contribution < -0.4 is 0 Å². The second-order valence-corrected chi connectivity index (χ2v) is 3.65. The van der Waals surface area contributed by atoms with Crippen molar-refractivity contribution in [1.82, 2.24) is 0 Å². The lowest BCUT2D eigenvalue weighted by Gasteiger charge is -2.07. The molecule has 0 spiro atoms. The first-order valence-corrected chi connectivity index (χ1v) is 4.69. The third-order valence-electron chi connectivity index (χ3n) is 1.88. The molecule has 0 fully saturated rings. The molecule has 1 heterocycles. The quantitative estimate of drug-likeness (QED) is 0.667. The Labute approximate surface area is 80.2 Å². The van der Waals surface area contributed by atoms with Gasteiger partial charge in [-0.05, 0) is 17.7 Å². The number of ether oxygens (including phenoxy) is 1. The van der Waals surface area contributed by atoms with Crippen molar-refractivity contribution in [3.63, 3.8) is 0 Å². The lowest BCUT2D eigenvalue weighted by molar-refractivity contribution is 0.129. The standard InChI is InChI=1S/C10H9BrO/c11-9-5-3-8(4-6-9)10-2-1-7-12-10/h1-6,10H,7H2/t10-/m0/s1. The zero-order valence-electron chi connectivity index (χ0n) is 6.53. The first-order valence-electron chi connectivity index (χ1n) is 3.90. The molecule has 0 N–H and O–H groups in total. The maximum absolute atomic E-state index is 5.45. The predicted octanol–water partition coefficient (Wildman–Crippen LogP) is 3.08. The maximum Gasteiger partial charge on any atom is 0.101 e. The van der Waals surface area contributed by atoms with Crippen molar-refractivity contribution in [3.05, 3.63) is 46.5 Å². The first kappa shape index (κ1) is 8.02. The Hall–Kier alpha value is -0.600. The van der Waals surface area contributed by atoms with Crippen LogP contribution in [0.15, 0.2) is 40.9 Å². The monoisotopic (exact) mass is 224 g/mol. The van der Waals surface area contributed by atoms with Crippen LogP contribution >= 0.6 is 15.9 Å². The molecule has 2 rings (SSSR count). The van der Waals surface area contributed by atoms with Crippen molar-refractivity contribution in [3.8, 4) is 0 Å². The number of benzene rings is 1. The van der Waals surface area contributed by atoms with E-state index in [9.17, 15) is 0 Å². The van der Waals surface area contributed by atoms with Crippen LogP contribution in [-0.2, 0) is 4.74 Å². The summed E-state index contributed by atoms with van der Waals surface area (Å²) in [6.07, 6.45) is 4.30. The molecule has 0 unspecified atom stereocenters. The van der Waals surface area contributed by atoms with Gasteiger partial charge in [-0.25, -0.2) is 0 Å². The summed E-state index contributed by atoms with van der Waals surface area (Å²) < 4.78 is 6.56. The Morgan fingerprint density at radius 3 is 2.58 bits per heavy atom. The summed E-state index contributed by atoms with van der Waals surface area (Å²) in [4.78, 5) is 0. The lowest BCUT2D eigenvalue weighted by Crippen LogP contribution is -1.94. The molecule has 1 aliphatic heterocycles. The topological polar surface area (TPSA) is 9.23 Å². The van der Waals surface area contributed by atoms with Gasteiger partial charge >= 0.3 is 0 Å². The van der Waals surface area contributed by atoms with Gasteiger partial charge in [-0.1, -0.05) is 40.2 Å². The van der Waals surface area contributed by atoms with Crippen molar-refractivity contribution in [2.45, 2.75) is 6.10 Å². The molecule has 1 aromatic carbocycles. The fourth-order valence-electron chi connectivity index (χ4n) is 1.25. The zero-order chi connectivity index (χ0) is 8.39. The minimum Gasteiger partial charge on any atom is -0.365 e. The molecule has 0 saturated carbocycles. The van der Waals surface area contributed by atoms with Gasteiger partial charge in [0.25, 0.3) is 0 Å². The van der Waals surface area contributed by atoms with Gasteiger partial charge in [0.2, 0.25) is 0 Å². The van der Waals surface area contributed by atoms with Gasteiger partial charge in [-0.3, -0.25) is 0 Å². The van der Waals surface area contributed by atoms with E-state index in [1.54, 1.807) is 0 Å². The van der Waals surface area contributed by atoms with Gasteiger partial charge in [0.1, 0.15) is 6.10 Å². The van der Waals surface area contributed by atoms with Gasteiger partial charge in [0, 0.05) is 4.47 Å². The molecule has 0 aliphatic carbocycles. The van der Waals surface area contributed by atoms with Crippen LogP contribution in [0.1, 0.15) is 11.7 Å². The van der Waals surface area contributed by atoms with Gasteiger partial charge in [-0.15, -0.1) is 0 Å². The highest BCUT2D eigenvalue weighted by Crippen LogP contribution is 2.24.